The van der Waals surface area contributed by atoms with E-state index < -0.39 is 0 Å². The van der Waals surface area contributed by atoms with Crippen LogP contribution in [0.25, 0.3) is 0 Å². The first-order valence-electron chi connectivity index (χ1n) is 7.82. The molecule has 1 aromatic rings. The third-order valence-electron chi connectivity index (χ3n) is 3.45. The molecule has 0 bridgehead atoms. The highest BCUT2D eigenvalue weighted by atomic mass is 16.5. The molecule has 0 spiro atoms. The van der Waals surface area contributed by atoms with Crippen LogP contribution in [0.2, 0.25) is 0 Å². The van der Waals surface area contributed by atoms with Gasteiger partial charge in [0.25, 0.3) is 0 Å². The number of hydrogen-bond donors (Lipinski definition) is 1. The Labute approximate surface area is 138 Å². The number of methoxy groups -OCH3 is 1. The molecule has 23 heavy (non-hydrogen) atoms. The van der Waals surface area contributed by atoms with Crippen LogP contribution in [-0.4, -0.2) is 62.5 Å². The molecule has 1 N–H and O–H groups in total. The summed E-state index contributed by atoms with van der Waals surface area (Å²) in [7, 11) is 5.13. The maximum absolute atomic E-state index is 12.0. The number of likely N-dealkylation sites (N-methyl/N-ethyl adjacent to an activating group) is 2. The molecule has 0 heterocycles. The molecule has 0 radical (unpaired) electrons. The number of ether oxygens (including phenoxy) is 1. The molecular formula is C17H27N3O3. The number of benzene rings is 1. The largest absolute Gasteiger partial charge is 0.497 e. The first-order chi connectivity index (χ1) is 11.0. The van der Waals surface area contributed by atoms with E-state index in [1.807, 2.05) is 12.1 Å². The predicted octanol–water partition coefficient (Wildman–Crippen LogP) is 1.82. The molecule has 6 nitrogen and oxygen atoms in total. The van der Waals surface area contributed by atoms with Gasteiger partial charge in [-0.25, -0.2) is 0 Å². The second-order valence-electron chi connectivity index (χ2n) is 5.62. The van der Waals surface area contributed by atoms with Crippen molar-refractivity contribution in [3.63, 3.8) is 0 Å². The van der Waals surface area contributed by atoms with E-state index in [0.717, 1.165) is 19.4 Å². The lowest BCUT2D eigenvalue weighted by molar-refractivity contribution is -0.131. The third kappa shape index (κ3) is 7.15. The van der Waals surface area contributed by atoms with Crippen molar-refractivity contribution in [1.82, 2.24) is 9.80 Å². The molecule has 0 aliphatic rings. The summed E-state index contributed by atoms with van der Waals surface area (Å²) < 4.78 is 5.12. The minimum Gasteiger partial charge on any atom is -0.497 e. The molecule has 0 aliphatic heterocycles. The lowest BCUT2D eigenvalue weighted by Crippen LogP contribution is -2.40. The Morgan fingerprint density at radius 1 is 1.22 bits per heavy atom. The SMILES string of the molecule is CCCCN(C)C(=O)CN(C)CC(=O)Nc1cccc(OC)c1. The normalized spacial score (nSPS) is 10.5. The predicted molar refractivity (Wildman–Crippen MR) is 91.7 cm³/mol. The summed E-state index contributed by atoms with van der Waals surface area (Å²) in [5, 5.41) is 2.80. The topological polar surface area (TPSA) is 61.9 Å². The Balaban J connectivity index is 2.42. The Morgan fingerprint density at radius 2 is 1.96 bits per heavy atom. The lowest BCUT2D eigenvalue weighted by atomic mass is 10.3. The average Bonchev–Trinajstić information content (AvgIpc) is 2.52. The zero-order valence-electron chi connectivity index (χ0n) is 14.5. The van der Waals surface area contributed by atoms with Crippen molar-refractivity contribution in [2.45, 2.75) is 19.8 Å². The van der Waals surface area contributed by atoms with Crippen LogP contribution in [-0.2, 0) is 9.59 Å². The summed E-state index contributed by atoms with van der Waals surface area (Å²) in [6.07, 6.45) is 2.04. The van der Waals surface area contributed by atoms with Gasteiger partial charge < -0.3 is 15.0 Å². The molecule has 1 rings (SSSR count). The van der Waals surface area contributed by atoms with Gasteiger partial charge in [0.05, 0.1) is 20.2 Å². The van der Waals surface area contributed by atoms with E-state index in [9.17, 15) is 9.59 Å². The van der Waals surface area contributed by atoms with Crippen LogP contribution in [0.3, 0.4) is 0 Å². The molecule has 0 saturated carbocycles. The maximum atomic E-state index is 12.0. The number of carbonyl (C=O) groups is 2. The van der Waals surface area contributed by atoms with E-state index in [1.165, 1.54) is 0 Å². The highest BCUT2D eigenvalue weighted by Gasteiger charge is 2.14. The summed E-state index contributed by atoms with van der Waals surface area (Å²) >= 11 is 0. The second kappa shape index (κ2) is 9.84. The summed E-state index contributed by atoms with van der Waals surface area (Å²) in [6.45, 7) is 3.23. The molecule has 6 heteroatoms. The van der Waals surface area contributed by atoms with E-state index in [0.29, 0.717) is 11.4 Å². The van der Waals surface area contributed by atoms with Gasteiger partial charge in [0.1, 0.15) is 5.75 Å². The van der Waals surface area contributed by atoms with Crippen LogP contribution in [0.15, 0.2) is 24.3 Å². The fourth-order valence-corrected chi connectivity index (χ4v) is 2.07. The van der Waals surface area contributed by atoms with E-state index in [1.54, 1.807) is 43.1 Å². The monoisotopic (exact) mass is 321 g/mol. The number of amides is 2. The van der Waals surface area contributed by atoms with Crippen LogP contribution in [0, 0.1) is 0 Å². The number of hydrogen-bond acceptors (Lipinski definition) is 4. The number of nitrogens with zero attached hydrogens (tertiary/aromatic N) is 2. The first kappa shape index (κ1) is 19.0. The average molecular weight is 321 g/mol. The molecule has 2 amide bonds. The van der Waals surface area contributed by atoms with Crippen molar-refractivity contribution in [3.05, 3.63) is 24.3 Å². The van der Waals surface area contributed by atoms with E-state index in [-0.39, 0.29) is 24.9 Å². The minimum atomic E-state index is -0.162. The van der Waals surface area contributed by atoms with Gasteiger partial charge >= 0.3 is 0 Å². The second-order valence-corrected chi connectivity index (χ2v) is 5.62. The van der Waals surface area contributed by atoms with Crippen molar-refractivity contribution < 1.29 is 14.3 Å². The van der Waals surface area contributed by atoms with Gasteiger partial charge in [-0.15, -0.1) is 0 Å². The van der Waals surface area contributed by atoms with E-state index >= 15 is 0 Å². The number of rotatable bonds is 9. The molecule has 0 atom stereocenters. The molecule has 0 aromatic heterocycles. The van der Waals surface area contributed by atoms with Crippen LogP contribution in [0.4, 0.5) is 5.69 Å². The van der Waals surface area contributed by atoms with Gasteiger partial charge in [-0.2, -0.15) is 0 Å². The highest BCUT2D eigenvalue weighted by Crippen LogP contribution is 2.16. The summed E-state index contributed by atoms with van der Waals surface area (Å²) in [4.78, 5) is 27.5. The molecule has 0 saturated heterocycles. The van der Waals surface area contributed by atoms with Crippen molar-refractivity contribution in [1.29, 1.82) is 0 Å². The third-order valence-corrected chi connectivity index (χ3v) is 3.45. The van der Waals surface area contributed by atoms with E-state index in [4.69, 9.17) is 4.74 Å². The van der Waals surface area contributed by atoms with Crippen LogP contribution < -0.4 is 10.1 Å². The van der Waals surface area contributed by atoms with Crippen LogP contribution in [0.1, 0.15) is 19.8 Å². The standard InChI is InChI=1S/C17H27N3O3/c1-5-6-10-20(3)17(22)13-19(2)12-16(21)18-14-8-7-9-15(11-14)23-4/h7-9,11H,5-6,10,12-13H2,1-4H3,(H,18,21). The lowest BCUT2D eigenvalue weighted by Gasteiger charge is -2.21. The van der Waals surface area contributed by atoms with E-state index in [2.05, 4.69) is 12.2 Å². The summed E-state index contributed by atoms with van der Waals surface area (Å²) in [5.74, 6) is 0.545. The van der Waals surface area contributed by atoms with Crippen LogP contribution in [0.5, 0.6) is 5.75 Å². The van der Waals surface area contributed by atoms with Gasteiger partial charge in [-0.1, -0.05) is 19.4 Å². The molecule has 0 unspecified atom stereocenters. The fraction of sp³-hybridized carbons (Fsp3) is 0.529. The number of anilines is 1. The Kier molecular flexibility index (Phi) is 8.11. The number of carbonyl (C=O) groups excluding carboxylic acids is 2. The first-order valence-corrected chi connectivity index (χ1v) is 7.82. The molecular weight excluding hydrogens is 294 g/mol. The van der Waals surface area contributed by atoms with Crippen molar-refractivity contribution in [3.8, 4) is 5.75 Å². The van der Waals surface area contributed by atoms with Gasteiger partial charge in [-0.05, 0) is 25.6 Å². The van der Waals surface area contributed by atoms with Crippen molar-refractivity contribution >= 4 is 17.5 Å². The number of nitrogens with one attached hydrogen (secondary N) is 1. The maximum Gasteiger partial charge on any atom is 0.238 e. The molecule has 0 aliphatic carbocycles. The number of unbranched alkanes of at least 4 members (excludes halogenated alkanes) is 1. The van der Waals surface area contributed by atoms with Gasteiger partial charge in [-0.3, -0.25) is 14.5 Å². The Morgan fingerprint density at radius 3 is 2.61 bits per heavy atom. The quantitative estimate of drug-likeness (QED) is 0.754. The molecule has 0 fully saturated rings. The van der Waals surface area contributed by atoms with Gasteiger partial charge in [0.2, 0.25) is 11.8 Å². The van der Waals surface area contributed by atoms with Crippen LogP contribution >= 0.6 is 0 Å². The fourth-order valence-electron chi connectivity index (χ4n) is 2.07. The van der Waals surface area contributed by atoms with Crippen molar-refractivity contribution in [2.75, 3.05) is 46.2 Å². The van der Waals surface area contributed by atoms with Crippen molar-refractivity contribution in [2.24, 2.45) is 0 Å². The Bertz CT molecular complexity index is 520. The molecule has 1 aromatic carbocycles. The minimum absolute atomic E-state index is 0.0233. The van der Waals surface area contributed by atoms with Gasteiger partial charge in [0, 0.05) is 25.3 Å². The summed E-state index contributed by atoms with van der Waals surface area (Å²) in [5.41, 5.74) is 0.675. The van der Waals surface area contributed by atoms with Gasteiger partial charge in [0.15, 0.2) is 0 Å². The zero-order valence-corrected chi connectivity index (χ0v) is 14.5. The highest BCUT2D eigenvalue weighted by molar-refractivity contribution is 5.92. The summed E-state index contributed by atoms with van der Waals surface area (Å²) in [6, 6.07) is 7.17. The smallest absolute Gasteiger partial charge is 0.238 e. The zero-order chi connectivity index (χ0) is 17.2. The molecule has 128 valence electrons. The Hall–Kier alpha value is -2.08.